The number of hydrogen-bond donors (Lipinski definition) is 4. The van der Waals surface area contributed by atoms with Crippen LogP contribution in [-0.4, -0.2) is 32.8 Å². The van der Waals surface area contributed by atoms with Crippen molar-refractivity contribution in [2.24, 2.45) is 0 Å². The van der Waals surface area contributed by atoms with E-state index in [2.05, 4.69) is 15.3 Å². The smallest absolute Gasteiger partial charge is 0.345 e. The molecule has 0 saturated heterocycles. The Morgan fingerprint density at radius 1 is 1.57 bits per heavy atom. The predicted octanol–water partition coefficient (Wildman–Crippen LogP) is 1.94. The van der Waals surface area contributed by atoms with Crippen molar-refractivity contribution in [2.75, 3.05) is 17.6 Å². The molecular formula is C14H16N4O3S2. The van der Waals surface area contributed by atoms with Crippen LogP contribution in [0.15, 0.2) is 15.8 Å². The molecule has 9 heteroatoms. The van der Waals surface area contributed by atoms with Crippen molar-refractivity contribution in [3.05, 3.63) is 31.7 Å². The van der Waals surface area contributed by atoms with E-state index in [1.807, 2.05) is 6.92 Å². The van der Waals surface area contributed by atoms with Crippen LogP contribution in [0.4, 0.5) is 11.8 Å². The number of aromatic amines is 1. The molecule has 0 aliphatic carbocycles. The number of anilines is 2. The number of thiophene rings is 1. The van der Waals surface area contributed by atoms with Crippen molar-refractivity contribution >= 4 is 40.8 Å². The zero-order valence-electron chi connectivity index (χ0n) is 12.4. The number of hydrogen-bond acceptors (Lipinski definition) is 7. The van der Waals surface area contributed by atoms with E-state index in [9.17, 15) is 9.59 Å². The van der Waals surface area contributed by atoms with Crippen LogP contribution in [0.3, 0.4) is 0 Å². The molecule has 7 nitrogen and oxygen atoms in total. The Bertz CT molecular complexity index is 815. The SMILES string of the molecule is Cc1cc(C(=O)O)sc1CC[C@H]1CNc2nc(N)[nH]c(=O)c2S1. The van der Waals surface area contributed by atoms with Gasteiger partial charge < -0.3 is 16.2 Å². The summed E-state index contributed by atoms with van der Waals surface area (Å²) in [4.78, 5) is 31.6. The van der Waals surface area contributed by atoms with Gasteiger partial charge in [-0.25, -0.2) is 4.79 Å². The second kappa shape index (κ2) is 6.25. The number of aromatic nitrogens is 2. The molecular weight excluding hydrogens is 336 g/mol. The third-order valence-electron chi connectivity index (χ3n) is 3.60. The molecule has 3 heterocycles. The Morgan fingerprint density at radius 2 is 2.35 bits per heavy atom. The number of carbonyl (C=O) groups is 1. The lowest BCUT2D eigenvalue weighted by Gasteiger charge is -2.24. The second-order valence-electron chi connectivity index (χ2n) is 5.31. The van der Waals surface area contributed by atoms with Crippen molar-refractivity contribution in [3.63, 3.8) is 0 Å². The van der Waals surface area contributed by atoms with Gasteiger partial charge in [-0.1, -0.05) is 0 Å². The summed E-state index contributed by atoms with van der Waals surface area (Å²) in [5.41, 5.74) is 6.31. The molecule has 1 aliphatic rings. The van der Waals surface area contributed by atoms with E-state index >= 15 is 0 Å². The largest absolute Gasteiger partial charge is 0.477 e. The lowest BCUT2D eigenvalue weighted by atomic mass is 10.1. The van der Waals surface area contributed by atoms with Crippen LogP contribution in [0.5, 0.6) is 0 Å². The van der Waals surface area contributed by atoms with Crippen LogP contribution >= 0.6 is 23.1 Å². The van der Waals surface area contributed by atoms with E-state index < -0.39 is 5.97 Å². The van der Waals surface area contributed by atoms with Gasteiger partial charge >= 0.3 is 5.97 Å². The molecule has 0 radical (unpaired) electrons. The van der Waals surface area contributed by atoms with Gasteiger partial charge in [0.15, 0.2) is 0 Å². The third kappa shape index (κ3) is 3.35. The normalized spacial score (nSPS) is 16.7. The highest BCUT2D eigenvalue weighted by atomic mass is 32.2. The van der Waals surface area contributed by atoms with Gasteiger partial charge in [0.1, 0.15) is 15.6 Å². The molecule has 0 fully saturated rings. The zero-order chi connectivity index (χ0) is 16.6. The lowest BCUT2D eigenvalue weighted by Crippen LogP contribution is -2.28. The molecule has 23 heavy (non-hydrogen) atoms. The number of carboxylic acid groups (broad SMARTS) is 1. The first-order valence-electron chi connectivity index (χ1n) is 7.07. The van der Waals surface area contributed by atoms with Gasteiger partial charge in [0, 0.05) is 16.7 Å². The number of H-pyrrole nitrogens is 1. The van der Waals surface area contributed by atoms with Crippen LogP contribution in [0, 0.1) is 6.92 Å². The van der Waals surface area contributed by atoms with Crippen LogP contribution in [0.25, 0.3) is 0 Å². The molecule has 5 N–H and O–H groups in total. The molecule has 3 rings (SSSR count). The quantitative estimate of drug-likeness (QED) is 0.663. The molecule has 0 amide bonds. The van der Waals surface area contributed by atoms with Crippen molar-refractivity contribution < 1.29 is 9.90 Å². The maximum absolute atomic E-state index is 11.9. The summed E-state index contributed by atoms with van der Waals surface area (Å²) in [6, 6.07) is 1.71. The topological polar surface area (TPSA) is 121 Å². The van der Waals surface area contributed by atoms with E-state index in [1.165, 1.54) is 23.1 Å². The number of nitrogens with zero attached hydrogens (tertiary/aromatic N) is 1. The maximum atomic E-state index is 11.9. The standard InChI is InChI=1S/C14H16N4O3S2/c1-6-4-9(13(20)21)23-8(6)3-2-7-5-16-11-10(22-7)12(19)18-14(15)17-11/h4,7H,2-3,5H2,1H3,(H,20,21)(H4,15,16,17,18,19)/t7-/m0/s1. The molecule has 2 aromatic heterocycles. The summed E-state index contributed by atoms with van der Waals surface area (Å²) in [7, 11) is 0. The molecule has 2 aromatic rings. The Hall–Kier alpha value is -2.00. The van der Waals surface area contributed by atoms with Gasteiger partial charge in [-0.3, -0.25) is 9.78 Å². The number of aromatic carboxylic acids is 1. The number of nitrogens with one attached hydrogen (secondary N) is 2. The fraction of sp³-hybridized carbons (Fsp3) is 0.357. The maximum Gasteiger partial charge on any atom is 0.345 e. The number of nitrogens with two attached hydrogens (primary N) is 1. The number of fused-ring (bicyclic) bond motifs is 1. The van der Waals surface area contributed by atoms with Gasteiger partial charge in [-0.15, -0.1) is 23.1 Å². The fourth-order valence-electron chi connectivity index (χ4n) is 2.45. The number of aryl methyl sites for hydroxylation is 2. The minimum absolute atomic E-state index is 0.107. The van der Waals surface area contributed by atoms with E-state index in [0.29, 0.717) is 22.1 Å². The number of rotatable bonds is 4. The Morgan fingerprint density at radius 3 is 3.04 bits per heavy atom. The molecule has 1 atom stereocenters. The molecule has 1 aliphatic heterocycles. The summed E-state index contributed by atoms with van der Waals surface area (Å²) in [5, 5.41) is 12.4. The molecule has 122 valence electrons. The summed E-state index contributed by atoms with van der Waals surface area (Å²) < 4.78 is 0. The number of nitrogen functional groups attached to an aromatic ring is 1. The van der Waals surface area contributed by atoms with Crippen molar-refractivity contribution in [2.45, 2.75) is 29.9 Å². The van der Waals surface area contributed by atoms with Crippen LogP contribution in [-0.2, 0) is 6.42 Å². The summed E-state index contributed by atoms with van der Waals surface area (Å²) in [6.07, 6.45) is 1.64. The molecule has 0 spiro atoms. The van der Waals surface area contributed by atoms with Crippen molar-refractivity contribution in [3.8, 4) is 0 Å². The summed E-state index contributed by atoms with van der Waals surface area (Å²) in [5.74, 6) is -0.245. The molecule has 0 saturated carbocycles. The first kappa shape index (κ1) is 15.9. The third-order valence-corrected chi connectivity index (χ3v) is 6.24. The molecule has 0 unspecified atom stereocenters. The first-order valence-corrected chi connectivity index (χ1v) is 8.76. The highest BCUT2D eigenvalue weighted by Crippen LogP contribution is 2.34. The second-order valence-corrected chi connectivity index (χ2v) is 7.76. The van der Waals surface area contributed by atoms with Crippen LogP contribution in [0.1, 0.15) is 26.5 Å². The Labute approximate surface area is 140 Å². The van der Waals surface area contributed by atoms with E-state index in [1.54, 1.807) is 6.07 Å². The lowest BCUT2D eigenvalue weighted by molar-refractivity contribution is 0.0702. The first-order chi connectivity index (χ1) is 10.9. The minimum atomic E-state index is -0.887. The molecule has 0 aromatic carbocycles. The van der Waals surface area contributed by atoms with Gasteiger partial charge in [-0.2, -0.15) is 4.98 Å². The zero-order valence-corrected chi connectivity index (χ0v) is 14.0. The fourth-order valence-corrected chi connectivity index (χ4v) is 4.61. The van der Waals surface area contributed by atoms with E-state index in [4.69, 9.17) is 10.8 Å². The highest BCUT2D eigenvalue weighted by Gasteiger charge is 2.23. The van der Waals surface area contributed by atoms with Gasteiger partial charge in [0.2, 0.25) is 5.95 Å². The number of carboxylic acids is 1. The van der Waals surface area contributed by atoms with Gasteiger partial charge in [0.25, 0.3) is 5.56 Å². The Kier molecular flexibility index (Phi) is 4.31. The highest BCUT2D eigenvalue weighted by molar-refractivity contribution is 8.00. The van der Waals surface area contributed by atoms with Gasteiger partial charge in [0.05, 0.1) is 0 Å². The summed E-state index contributed by atoms with van der Waals surface area (Å²) >= 11 is 2.82. The molecule has 0 bridgehead atoms. The Balaban J connectivity index is 1.68. The summed E-state index contributed by atoms with van der Waals surface area (Å²) in [6.45, 7) is 2.63. The van der Waals surface area contributed by atoms with Crippen molar-refractivity contribution in [1.29, 1.82) is 0 Å². The number of thioether (sulfide) groups is 1. The van der Waals surface area contributed by atoms with Gasteiger partial charge in [-0.05, 0) is 31.4 Å². The van der Waals surface area contributed by atoms with E-state index in [0.717, 1.165) is 23.3 Å². The van der Waals surface area contributed by atoms with E-state index in [-0.39, 0.29) is 16.8 Å². The average Bonchev–Trinajstić information content (AvgIpc) is 2.87. The van der Waals surface area contributed by atoms with Crippen molar-refractivity contribution in [1.82, 2.24) is 9.97 Å². The van der Waals surface area contributed by atoms with Crippen LogP contribution in [0.2, 0.25) is 0 Å². The average molecular weight is 352 g/mol. The van der Waals surface area contributed by atoms with Crippen LogP contribution < -0.4 is 16.6 Å². The predicted molar refractivity (Wildman–Crippen MR) is 91.7 cm³/mol. The minimum Gasteiger partial charge on any atom is -0.477 e. The monoisotopic (exact) mass is 352 g/mol.